The van der Waals surface area contributed by atoms with Gasteiger partial charge < -0.3 is 0 Å². The van der Waals surface area contributed by atoms with Gasteiger partial charge in [0.2, 0.25) is 5.91 Å². The van der Waals surface area contributed by atoms with Crippen LogP contribution in [0, 0.1) is 0 Å². The Balaban J connectivity index is 1.71. The molecule has 0 fully saturated rings. The van der Waals surface area contributed by atoms with Crippen LogP contribution in [0.4, 0.5) is 0 Å². The molecule has 2 amide bonds. The Labute approximate surface area is 175 Å². The topological polar surface area (TPSA) is 93.1 Å². The van der Waals surface area contributed by atoms with E-state index in [4.69, 9.17) is 0 Å². The zero-order valence-electron chi connectivity index (χ0n) is 17.1. The number of hydrogen-bond acceptors (Lipinski definition) is 4. The molecule has 7 heteroatoms. The smallest absolute Gasteiger partial charge is 0.273 e. The van der Waals surface area contributed by atoms with Gasteiger partial charge in [-0.05, 0) is 24.5 Å². The molecule has 0 radical (unpaired) electrons. The first-order valence-corrected chi connectivity index (χ1v) is 10.2. The van der Waals surface area contributed by atoms with Crippen molar-refractivity contribution in [2.75, 3.05) is 0 Å². The molecular weight excluding hydrogens is 380 g/mol. The van der Waals surface area contributed by atoms with Crippen LogP contribution in [0.2, 0.25) is 0 Å². The Morgan fingerprint density at radius 3 is 2.37 bits per heavy atom. The van der Waals surface area contributed by atoms with Gasteiger partial charge in [-0.25, -0.2) is 4.68 Å². The summed E-state index contributed by atoms with van der Waals surface area (Å²) in [6.07, 6.45) is 3.62. The van der Waals surface area contributed by atoms with E-state index in [0.29, 0.717) is 23.7 Å². The van der Waals surface area contributed by atoms with E-state index in [2.05, 4.69) is 22.9 Å². The van der Waals surface area contributed by atoms with Crippen molar-refractivity contribution in [3.8, 4) is 0 Å². The molecule has 3 rings (SSSR count). The lowest BCUT2D eigenvalue weighted by Crippen LogP contribution is -2.43. The molecule has 0 unspecified atom stereocenters. The van der Waals surface area contributed by atoms with Crippen LogP contribution in [-0.4, -0.2) is 21.6 Å². The summed E-state index contributed by atoms with van der Waals surface area (Å²) in [6.45, 7) is 2.52. The molecule has 0 aliphatic heterocycles. The van der Waals surface area contributed by atoms with Crippen LogP contribution in [0.3, 0.4) is 0 Å². The van der Waals surface area contributed by atoms with Gasteiger partial charge in [-0.1, -0.05) is 68.3 Å². The Bertz CT molecular complexity index is 1080. The quantitative estimate of drug-likeness (QED) is 0.444. The number of rotatable bonds is 8. The maximum Gasteiger partial charge on any atom is 0.290 e. The number of aryl methyl sites for hydroxylation is 2. The van der Waals surface area contributed by atoms with Crippen molar-refractivity contribution >= 4 is 22.6 Å². The number of hydrazine groups is 1. The van der Waals surface area contributed by atoms with E-state index in [1.165, 1.54) is 4.68 Å². The van der Waals surface area contributed by atoms with E-state index in [0.717, 1.165) is 24.8 Å². The largest absolute Gasteiger partial charge is 0.290 e. The fourth-order valence-corrected chi connectivity index (χ4v) is 3.22. The average molecular weight is 406 g/mol. The van der Waals surface area contributed by atoms with Crippen LogP contribution < -0.4 is 16.4 Å². The Morgan fingerprint density at radius 2 is 1.63 bits per heavy atom. The number of fused-ring (bicyclic) bond motifs is 1. The molecule has 30 heavy (non-hydrogen) atoms. The lowest BCUT2D eigenvalue weighted by atomic mass is 10.1. The number of carbonyl (C=O) groups excluding carboxylic acids is 2. The third-order valence-electron chi connectivity index (χ3n) is 4.86. The highest BCUT2D eigenvalue weighted by Crippen LogP contribution is 2.13. The number of carbonyl (C=O) groups is 2. The molecule has 0 aliphatic rings. The molecule has 0 atom stereocenters. The van der Waals surface area contributed by atoms with Crippen molar-refractivity contribution in [3.63, 3.8) is 0 Å². The first-order chi connectivity index (χ1) is 14.6. The van der Waals surface area contributed by atoms with E-state index in [1.807, 2.05) is 30.3 Å². The first kappa shape index (κ1) is 21.2. The SMILES string of the molecule is CCCCCn1nc(C(=O)NNC(=O)CCc2ccccc2)c2ccccc2c1=O. The van der Waals surface area contributed by atoms with Crippen LogP contribution in [0.5, 0.6) is 0 Å². The minimum atomic E-state index is -0.552. The summed E-state index contributed by atoms with van der Waals surface area (Å²) in [5, 5.41) is 5.18. The molecule has 1 aromatic heterocycles. The maximum atomic E-state index is 12.7. The molecule has 0 aliphatic carbocycles. The summed E-state index contributed by atoms with van der Waals surface area (Å²) >= 11 is 0. The van der Waals surface area contributed by atoms with E-state index in [9.17, 15) is 14.4 Å². The summed E-state index contributed by atoms with van der Waals surface area (Å²) in [7, 11) is 0. The van der Waals surface area contributed by atoms with E-state index in [-0.39, 0.29) is 23.6 Å². The van der Waals surface area contributed by atoms with Gasteiger partial charge in [0, 0.05) is 18.4 Å². The molecular formula is C23H26N4O3. The lowest BCUT2D eigenvalue weighted by Gasteiger charge is -2.12. The minimum absolute atomic E-state index is 0.116. The lowest BCUT2D eigenvalue weighted by molar-refractivity contribution is -0.121. The zero-order chi connectivity index (χ0) is 21.3. The monoisotopic (exact) mass is 406 g/mol. The highest BCUT2D eigenvalue weighted by atomic mass is 16.2. The van der Waals surface area contributed by atoms with Gasteiger partial charge in [0.05, 0.1) is 5.39 Å². The third kappa shape index (κ3) is 5.31. The van der Waals surface area contributed by atoms with Crippen LogP contribution in [0.15, 0.2) is 59.4 Å². The second-order valence-electron chi connectivity index (χ2n) is 7.12. The molecule has 3 aromatic rings. The number of hydrogen-bond donors (Lipinski definition) is 2. The van der Waals surface area contributed by atoms with Gasteiger partial charge in [-0.15, -0.1) is 0 Å². The summed E-state index contributed by atoms with van der Waals surface area (Å²) in [5.41, 5.74) is 5.81. The second-order valence-corrected chi connectivity index (χ2v) is 7.12. The van der Waals surface area contributed by atoms with E-state index < -0.39 is 5.91 Å². The van der Waals surface area contributed by atoms with Gasteiger partial charge in [0.1, 0.15) is 0 Å². The number of nitrogens with zero attached hydrogens (tertiary/aromatic N) is 2. The fourth-order valence-electron chi connectivity index (χ4n) is 3.22. The van der Waals surface area contributed by atoms with Gasteiger partial charge in [-0.2, -0.15) is 5.10 Å². The number of unbranched alkanes of at least 4 members (excludes halogenated alkanes) is 2. The summed E-state index contributed by atoms with van der Waals surface area (Å²) in [4.78, 5) is 37.5. The van der Waals surface area contributed by atoms with Gasteiger partial charge >= 0.3 is 0 Å². The molecule has 2 N–H and O–H groups in total. The highest BCUT2D eigenvalue weighted by Gasteiger charge is 2.17. The average Bonchev–Trinajstić information content (AvgIpc) is 2.78. The van der Waals surface area contributed by atoms with Gasteiger partial charge in [0.15, 0.2) is 5.69 Å². The van der Waals surface area contributed by atoms with Crippen LogP contribution in [0.25, 0.3) is 10.8 Å². The Kier molecular flexibility index (Phi) is 7.32. The minimum Gasteiger partial charge on any atom is -0.273 e. The van der Waals surface area contributed by atoms with Crippen LogP contribution in [-0.2, 0) is 17.8 Å². The van der Waals surface area contributed by atoms with E-state index >= 15 is 0 Å². The summed E-state index contributed by atoms with van der Waals surface area (Å²) < 4.78 is 1.34. The highest BCUT2D eigenvalue weighted by molar-refractivity contribution is 6.05. The summed E-state index contributed by atoms with van der Waals surface area (Å²) in [5.74, 6) is -0.851. The standard InChI is InChI=1S/C23H26N4O3/c1-2-3-9-16-27-23(30)19-13-8-7-12-18(19)21(26-27)22(29)25-24-20(28)15-14-17-10-5-4-6-11-17/h4-8,10-13H,2-3,9,14-16H2,1H3,(H,24,28)(H,25,29). The van der Waals surface area contributed by atoms with E-state index in [1.54, 1.807) is 24.3 Å². The first-order valence-electron chi connectivity index (χ1n) is 10.2. The maximum absolute atomic E-state index is 12.7. The number of amides is 2. The van der Waals surface area contributed by atoms with Gasteiger partial charge in [0.25, 0.3) is 11.5 Å². The van der Waals surface area contributed by atoms with Crippen molar-refractivity contribution in [2.45, 2.75) is 45.6 Å². The zero-order valence-corrected chi connectivity index (χ0v) is 17.1. The number of aromatic nitrogens is 2. The number of nitrogens with one attached hydrogen (secondary N) is 2. The molecule has 0 bridgehead atoms. The molecule has 0 spiro atoms. The Morgan fingerprint density at radius 1 is 0.933 bits per heavy atom. The third-order valence-corrected chi connectivity index (χ3v) is 4.86. The van der Waals surface area contributed by atoms with Crippen molar-refractivity contribution in [1.82, 2.24) is 20.6 Å². The normalized spacial score (nSPS) is 10.7. The molecule has 1 heterocycles. The molecule has 156 valence electrons. The van der Waals surface area contributed by atoms with Crippen molar-refractivity contribution in [2.24, 2.45) is 0 Å². The predicted molar refractivity (Wildman–Crippen MR) is 116 cm³/mol. The predicted octanol–water partition coefficient (Wildman–Crippen LogP) is 2.98. The van der Waals surface area contributed by atoms with Crippen LogP contribution in [0.1, 0.15) is 48.7 Å². The van der Waals surface area contributed by atoms with Crippen molar-refractivity contribution in [1.29, 1.82) is 0 Å². The van der Waals surface area contributed by atoms with Gasteiger partial charge in [-0.3, -0.25) is 25.2 Å². The Hall–Kier alpha value is -3.48. The van der Waals surface area contributed by atoms with Crippen molar-refractivity contribution in [3.05, 3.63) is 76.2 Å². The number of benzene rings is 2. The second kappa shape index (κ2) is 10.3. The molecule has 0 saturated carbocycles. The summed E-state index contributed by atoms with van der Waals surface area (Å²) in [6, 6.07) is 16.5. The van der Waals surface area contributed by atoms with Crippen molar-refractivity contribution < 1.29 is 9.59 Å². The molecule has 7 nitrogen and oxygen atoms in total. The fraction of sp³-hybridized carbons (Fsp3) is 0.304. The van der Waals surface area contributed by atoms with Crippen LogP contribution >= 0.6 is 0 Å². The molecule has 2 aromatic carbocycles. The molecule has 0 saturated heterocycles.